The zero-order valence-corrected chi connectivity index (χ0v) is 14.3. The molecular formula is C21H19NO2. The average molecular weight is 317 g/mol. The number of hydrogen-bond donors (Lipinski definition) is 0. The van der Waals surface area contributed by atoms with Gasteiger partial charge in [0, 0.05) is 7.05 Å². The van der Waals surface area contributed by atoms with Crippen LogP contribution in [0.1, 0.15) is 30.9 Å². The van der Waals surface area contributed by atoms with E-state index in [1.54, 1.807) is 0 Å². The van der Waals surface area contributed by atoms with E-state index in [1.807, 2.05) is 12.1 Å². The van der Waals surface area contributed by atoms with E-state index in [0.717, 1.165) is 16.2 Å². The third-order valence-electron chi connectivity index (χ3n) is 5.04. The summed E-state index contributed by atoms with van der Waals surface area (Å²) in [4.78, 5) is 24.8. The minimum atomic E-state index is -0.225. The summed E-state index contributed by atoms with van der Waals surface area (Å²) in [6, 6.07) is 12.3. The minimum Gasteiger partial charge on any atom is -0.277 e. The van der Waals surface area contributed by atoms with Crippen LogP contribution in [-0.2, 0) is 7.05 Å². The quantitative estimate of drug-likeness (QED) is 0.531. The van der Waals surface area contributed by atoms with Crippen molar-refractivity contribution < 1.29 is 0 Å². The van der Waals surface area contributed by atoms with Gasteiger partial charge in [0.1, 0.15) is 0 Å². The van der Waals surface area contributed by atoms with E-state index in [4.69, 9.17) is 0 Å². The zero-order chi connectivity index (χ0) is 17.2. The molecule has 4 aromatic rings. The topological polar surface area (TPSA) is 39.1 Å². The van der Waals surface area contributed by atoms with Crippen molar-refractivity contribution in [1.29, 1.82) is 0 Å². The lowest BCUT2D eigenvalue weighted by Crippen LogP contribution is -2.21. The highest BCUT2D eigenvalue weighted by molar-refractivity contribution is 6.15. The maximum atomic E-state index is 12.4. The van der Waals surface area contributed by atoms with E-state index in [9.17, 15) is 9.59 Å². The van der Waals surface area contributed by atoms with Gasteiger partial charge in [0.05, 0.1) is 10.8 Å². The summed E-state index contributed by atoms with van der Waals surface area (Å²) in [5, 5.41) is 5.32. The van der Waals surface area contributed by atoms with Gasteiger partial charge in [0.25, 0.3) is 11.1 Å². The largest absolute Gasteiger partial charge is 0.277 e. The molecule has 0 saturated carbocycles. The summed E-state index contributed by atoms with van der Waals surface area (Å²) in [5.74, 6) is 0.425. The zero-order valence-electron chi connectivity index (χ0n) is 14.3. The molecular weight excluding hydrogens is 298 g/mol. The highest BCUT2D eigenvalue weighted by atomic mass is 16.2. The molecule has 0 N–H and O–H groups in total. The Hall–Kier alpha value is -2.68. The first-order chi connectivity index (χ1) is 11.4. The second-order valence-corrected chi connectivity index (χ2v) is 6.94. The summed E-state index contributed by atoms with van der Waals surface area (Å²) in [6.45, 7) is 6.45. The fourth-order valence-electron chi connectivity index (χ4n) is 3.60. The third-order valence-corrected chi connectivity index (χ3v) is 5.04. The molecule has 0 aliphatic heterocycles. The fraction of sp³-hybridized carbons (Fsp3) is 0.238. The molecule has 3 aromatic carbocycles. The predicted molar refractivity (Wildman–Crippen MR) is 100 cm³/mol. The van der Waals surface area contributed by atoms with Gasteiger partial charge in [-0.15, -0.1) is 0 Å². The summed E-state index contributed by atoms with van der Waals surface area (Å²) in [6.07, 6.45) is 0. The first-order valence-electron chi connectivity index (χ1n) is 8.22. The molecule has 1 heterocycles. The van der Waals surface area contributed by atoms with E-state index in [-0.39, 0.29) is 11.1 Å². The maximum Gasteiger partial charge on any atom is 0.261 e. The van der Waals surface area contributed by atoms with Gasteiger partial charge < -0.3 is 0 Å². The Labute approximate surface area is 139 Å². The lowest BCUT2D eigenvalue weighted by Gasteiger charge is -2.01. The number of hydrogen-bond acceptors (Lipinski definition) is 2. The molecule has 24 heavy (non-hydrogen) atoms. The molecule has 4 rings (SSSR count). The van der Waals surface area contributed by atoms with Crippen LogP contribution in [0.2, 0.25) is 0 Å². The van der Waals surface area contributed by atoms with E-state index in [1.165, 1.54) is 28.1 Å². The van der Waals surface area contributed by atoms with Crippen LogP contribution >= 0.6 is 0 Å². The Kier molecular flexibility index (Phi) is 3.04. The summed E-state index contributed by atoms with van der Waals surface area (Å²) < 4.78 is 1.19. The Bertz CT molecular complexity index is 1230. The van der Waals surface area contributed by atoms with Gasteiger partial charge in [0.2, 0.25) is 0 Å². The molecule has 0 aliphatic carbocycles. The fourth-order valence-corrected chi connectivity index (χ4v) is 3.60. The molecule has 0 atom stereocenters. The molecule has 3 heteroatoms. The molecule has 0 bridgehead atoms. The first kappa shape index (κ1) is 14.9. The van der Waals surface area contributed by atoms with Crippen LogP contribution in [0.4, 0.5) is 0 Å². The number of fused-ring (bicyclic) bond motifs is 1. The van der Waals surface area contributed by atoms with Crippen molar-refractivity contribution in [3.63, 3.8) is 0 Å². The highest BCUT2D eigenvalue weighted by Crippen LogP contribution is 2.33. The van der Waals surface area contributed by atoms with E-state index >= 15 is 0 Å². The van der Waals surface area contributed by atoms with Gasteiger partial charge >= 0.3 is 0 Å². The van der Waals surface area contributed by atoms with E-state index in [0.29, 0.717) is 16.7 Å². The molecule has 0 amide bonds. The van der Waals surface area contributed by atoms with Crippen molar-refractivity contribution in [2.24, 2.45) is 7.05 Å². The smallest absolute Gasteiger partial charge is 0.261 e. The van der Waals surface area contributed by atoms with E-state index < -0.39 is 0 Å². The van der Waals surface area contributed by atoms with Crippen LogP contribution in [0.5, 0.6) is 0 Å². The molecule has 0 spiro atoms. The van der Waals surface area contributed by atoms with Crippen LogP contribution in [0.25, 0.3) is 32.3 Å². The third kappa shape index (κ3) is 1.91. The number of rotatable bonds is 1. The van der Waals surface area contributed by atoms with Crippen LogP contribution in [0.15, 0.2) is 46.0 Å². The SMILES string of the molecule is Cc1cc2cc3c(=O)n(C)c(=O)c3cc3ccc(C(C)C)cc1c32. The van der Waals surface area contributed by atoms with Crippen LogP contribution in [0.3, 0.4) is 0 Å². The van der Waals surface area contributed by atoms with Crippen molar-refractivity contribution in [2.45, 2.75) is 26.7 Å². The predicted octanol–water partition coefficient (Wildman–Crippen LogP) is 4.07. The van der Waals surface area contributed by atoms with Crippen molar-refractivity contribution in [3.05, 3.63) is 68.2 Å². The molecule has 3 nitrogen and oxygen atoms in total. The van der Waals surface area contributed by atoms with Crippen molar-refractivity contribution >= 4 is 32.3 Å². The molecule has 0 saturated heterocycles. The summed E-state index contributed by atoms with van der Waals surface area (Å²) >= 11 is 0. The van der Waals surface area contributed by atoms with Crippen molar-refractivity contribution in [3.8, 4) is 0 Å². The van der Waals surface area contributed by atoms with E-state index in [2.05, 4.69) is 45.0 Å². The van der Waals surface area contributed by atoms with Crippen molar-refractivity contribution in [2.75, 3.05) is 0 Å². The molecule has 0 aliphatic rings. The molecule has 0 unspecified atom stereocenters. The molecule has 0 radical (unpaired) electrons. The Morgan fingerprint density at radius 1 is 0.833 bits per heavy atom. The first-order valence-corrected chi connectivity index (χ1v) is 8.22. The molecule has 1 aromatic heterocycles. The number of nitrogens with zero attached hydrogens (tertiary/aromatic N) is 1. The second kappa shape index (κ2) is 4.91. The lowest BCUT2D eigenvalue weighted by molar-refractivity contribution is 0.856. The minimum absolute atomic E-state index is 0.224. The van der Waals surface area contributed by atoms with Gasteiger partial charge in [-0.05, 0) is 57.6 Å². The second-order valence-electron chi connectivity index (χ2n) is 6.94. The summed E-state index contributed by atoms with van der Waals surface area (Å²) in [5.41, 5.74) is 2.01. The molecule has 120 valence electrons. The Morgan fingerprint density at radius 3 is 2.08 bits per heavy atom. The highest BCUT2D eigenvalue weighted by Gasteiger charge is 2.14. The van der Waals surface area contributed by atoms with Crippen molar-refractivity contribution in [1.82, 2.24) is 4.57 Å². The average Bonchev–Trinajstić information content (AvgIpc) is 2.80. The van der Waals surface area contributed by atoms with Gasteiger partial charge in [-0.3, -0.25) is 14.2 Å². The maximum absolute atomic E-state index is 12.4. The standard InChI is InChI=1S/C21H19NO2/c1-11(2)13-5-6-14-9-17-18(21(24)22(4)20(17)23)10-15-7-12(3)16(8-13)19(14)15/h5-11H,1-4H3. The Balaban J connectivity index is 2.35. The molecule has 0 fully saturated rings. The number of aromatic nitrogens is 1. The Morgan fingerprint density at radius 2 is 1.46 bits per heavy atom. The van der Waals surface area contributed by atoms with Crippen LogP contribution < -0.4 is 11.1 Å². The lowest BCUT2D eigenvalue weighted by atomic mass is 10.0. The number of aryl methyl sites for hydroxylation is 1. The monoisotopic (exact) mass is 317 g/mol. The van der Waals surface area contributed by atoms with Crippen LogP contribution in [-0.4, -0.2) is 4.57 Å². The van der Waals surface area contributed by atoms with Gasteiger partial charge in [-0.25, -0.2) is 0 Å². The normalized spacial score (nSPS) is 12.0. The summed E-state index contributed by atoms with van der Waals surface area (Å²) in [7, 11) is 1.54. The van der Waals surface area contributed by atoms with Gasteiger partial charge in [-0.1, -0.05) is 38.1 Å². The van der Waals surface area contributed by atoms with Gasteiger partial charge in [-0.2, -0.15) is 0 Å². The van der Waals surface area contributed by atoms with Gasteiger partial charge in [0.15, 0.2) is 0 Å². The van der Waals surface area contributed by atoms with Crippen LogP contribution in [0, 0.1) is 6.92 Å².